The summed E-state index contributed by atoms with van der Waals surface area (Å²) in [7, 11) is 5.77. The standard InChI is InChI=1S/C22H23N5O2/c1-27(2)7-4-8-29-20-10-15-9-18-21(14-5-6-16(12-23)24-13-14)25-26-22(18)17(15)11-19(20)28-3/h5-6,10-11,13H,4,7-9H2,1-3H3,(H,25,26). The van der Waals surface area contributed by atoms with Crippen molar-refractivity contribution in [3.63, 3.8) is 0 Å². The van der Waals surface area contributed by atoms with Crippen LogP contribution in [0.5, 0.6) is 11.5 Å². The lowest BCUT2D eigenvalue weighted by Gasteiger charge is -2.14. The largest absolute Gasteiger partial charge is 0.493 e. The highest BCUT2D eigenvalue weighted by molar-refractivity contribution is 5.82. The minimum absolute atomic E-state index is 0.394. The molecule has 1 aliphatic rings. The number of hydrogen-bond donors (Lipinski definition) is 1. The first-order valence-electron chi connectivity index (χ1n) is 9.53. The number of rotatable bonds is 7. The molecule has 0 radical (unpaired) electrons. The zero-order valence-corrected chi connectivity index (χ0v) is 16.8. The van der Waals surface area contributed by atoms with E-state index in [9.17, 15) is 0 Å². The first-order valence-corrected chi connectivity index (χ1v) is 9.53. The highest BCUT2D eigenvalue weighted by Gasteiger charge is 2.27. The van der Waals surface area contributed by atoms with Crippen molar-refractivity contribution in [3.8, 4) is 40.1 Å². The number of ether oxygens (including phenoxy) is 2. The van der Waals surface area contributed by atoms with Crippen molar-refractivity contribution in [1.29, 1.82) is 5.26 Å². The van der Waals surface area contributed by atoms with Crippen LogP contribution in [0.25, 0.3) is 22.5 Å². The number of H-pyrrole nitrogens is 1. The Bertz CT molecular complexity index is 1060. The van der Waals surface area contributed by atoms with Crippen LogP contribution in [0.1, 0.15) is 23.2 Å². The Labute approximate surface area is 169 Å². The van der Waals surface area contributed by atoms with Crippen LogP contribution in [-0.4, -0.2) is 54.4 Å². The molecule has 0 atom stereocenters. The van der Waals surface area contributed by atoms with Crippen molar-refractivity contribution in [1.82, 2.24) is 20.1 Å². The summed E-state index contributed by atoms with van der Waals surface area (Å²) in [4.78, 5) is 6.31. The third kappa shape index (κ3) is 3.67. The maximum Gasteiger partial charge on any atom is 0.161 e. The monoisotopic (exact) mass is 389 g/mol. The Morgan fingerprint density at radius 3 is 2.79 bits per heavy atom. The van der Waals surface area contributed by atoms with Crippen molar-refractivity contribution in [3.05, 3.63) is 47.3 Å². The molecule has 1 aliphatic carbocycles. The number of pyridine rings is 1. The minimum Gasteiger partial charge on any atom is -0.493 e. The summed E-state index contributed by atoms with van der Waals surface area (Å²) in [5.41, 5.74) is 6.53. The molecular formula is C22H23N5O2. The van der Waals surface area contributed by atoms with E-state index >= 15 is 0 Å². The van der Waals surface area contributed by atoms with Crippen molar-refractivity contribution < 1.29 is 9.47 Å². The van der Waals surface area contributed by atoms with E-state index in [2.05, 4.69) is 40.2 Å². The maximum atomic E-state index is 8.95. The molecule has 0 saturated carbocycles. The fourth-order valence-corrected chi connectivity index (χ4v) is 3.61. The number of nitrogens with one attached hydrogen (secondary N) is 1. The van der Waals surface area contributed by atoms with Crippen molar-refractivity contribution in [2.24, 2.45) is 0 Å². The summed E-state index contributed by atoms with van der Waals surface area (Å²) in [5.74, 6) is 1.49. The van der Waals surface area contributed by atoms with Gasteiger partial charge in [0.15, 0.2) is 11.5 Å². The molecule has 1 aromatic carbocycles. The van der Waals surface area contributed by atoms with Crippen LogP contribution in [0.15, 0.2) is 30.5 Å². The van der Waals surface area contributed by atoms with Crippen LogP contribution in [0.2, 0.25) is 0 Å². The number of nitrogens with zero attached hydrogens (tertiary/aromatic N) is 4. The molecule has 0 unspecified atom stereocenters. The number of aromatic nitrogens is 3. The minimum atomic E-state index is 0.394. The number of aromatic amines is 1. The van der Waals surface area contributed by atoms with Gasteiger partial charge in [0.1, 0.15) is 11.8 Å². The molecular weight excluding hydrogens is 366 g/mol. The van der Waals surface area contributed by atoms with Crippen molar-refractivity contribution in [2.75, 3.05) is 34.4 Å². The summed E-state index contributed by atoms with van der Waals surface area (Å²) in [5, 5.41) is 16.6. The molecule has 0 bridgehead atoms. The fourth-order valence-electron chi connectivity index (χ4n) is 3.61. The van der Waals surface area contributed by atoms with E-state index < -0.39 is 0 Å². The molecule has 7 nitrogen and oxygen atoms in total. The molecule has 4 rings (SSSR count). The van der Waals surface area contributed by atoms with Gasteiger partial charge >= 0.3 is 0 Å². The highest BCUT2D eigenvalue weighted by atomic mass is 16.5. The van der Waals surface area contributed by atoms with Gasteiger partial charge < -0.3 is 14.4 Å². The number of fused-ring (bicyclic) bond motifs is 3. The number of methoxy groups -OCH3 is 1. The van der Waals surface area contributed by atoms with Gasteiger partial charge in [-0.15, -0.1) is 0 Å². The topological polar surface area (TPSA) is 87.1 Å². The zero-order valence-electron chi connectivity index (χ0n) is 16.8. The van der Waals surface area contributed by atoms with Gasteiger partial charge in [0.2, 0.25) is 0 Å². The second-order valence-electron chi connectivity index (χ2n) is 7.31. The zero-order chi connectivity index (χ0) is 20.4. The highest BCUT2D eigenvalue weighted by Crippen LogP contribution is 2.44. The SMILES string of the molecule is COc1cc2c(cc1OCCCN(C)C)Cc1c(-c3ccc(C#N)nc3)n[nH]c1-2. The smallest absolute Gasteiger partial charge is 0.161 e. The normalized spacial score (nSPS) is 11.8. The Hall–Kier alpha value is -3.37. The van der Waals surface area contributed by atoms with E-state index in [4.69, 9.17) is 14.7 Å². The molecule has 29 heavy (non-hydrogen) atoms. The van der Waals surface area contributed by atoms with Crippen LogP contribution >= 0.6 is 0 Å². The average molecular weight is 389 g/mol. The molecule has 7 heteroatoms. The van der Waals surface area contributed by atoms with Gasteiger partial charge in [0.05, 0.1) is 25.1 Å². The summed E-state index contributed by atoms with van der Waals surface area (Å²) in [6, 6.07) is 9.71. The summed E-state index contributed by atoms with van der Waals surface area (Å²) < 4.78 is 11.6. The second-order valence-corrected chi connectivity index (χ2v) is 7.31. The van der Waals surface area contributed by atoms with Crippen LogP contribution in [0, 0.1) is 11.3 Å². The van der Waals surface area contributed by atoms with E-state index in [1.165, 1.54) is 5.56 Å². The molecule has 0 saturated heterocycles. The predicted molar refractivity (Wildman–Crippen MR) is 110 cm³/mol. The lowest BCUT2D eigenvalue weighted by molar-refractivity contribution is 0.268. The molecule has 0 spiro atoms. The molecule has 0 fully saturated rings. The summed E-state index contributed by atoms with van der Waals surface area (Å²) >= 11 is 0. The van der Waals surface area contributed by atoms with Gasteiger partial charge in [-0.2, -0.15) is 10.4 Å². The first-order chi connectivity index (χ1) is 14.1. The second kappa shape index (κ2) is 7.94. The number of benzene rings is 1. The molecule has 0 aliphatic heterocycles. The summed E-state index contributed by atoms with van der Waals surface area (Å²) in [6.45, 7) is 1.62. The molecule has 1 N–H and O–H groups in total. The van der Waals surface area contributed by atoms with Gasteiger partial charge in [0, 0.05) is 35.9 Å². The lowest BCUT2D eigenvalue weighted by atomic mass is 10.1. The van der Waals surface area contributed by atoms with Crippen LogP contribution in [0.4, 0.5) is 0 Å². The third-order valence-corrected chi connectivity index (χ3v) is 5.05. The quantitative estimate of drug-likeness (QED) is 0.488. The van der Waals surface area contributed by atoms with E-state index in [1.54, 1.807) is 19.4 Å². The van der Waals surface area contributed by atoms with Crippen molar-refractivity contribution >= 4 is 0 Å². The van der Waals surface area contributed by atoms with E-state index in [-0.39, 0.29) is 0 Å². The Kier molecular flexibility index (Phi) is 5.19. The summed E-state index contributed by atoms with van der Waals surface area (Å²) in [6.07, 6.45) is 3.40. The average Bonchev–Trinajstić information content (AvgIpc) is 3.29. The van der Waals surface area contributed by atoms with E-state index in [1.807, 2.05) is 18.2 Å². The van der Waals surface area contributed by atoms with Crippen molar-refractivity contribution in [2.45, 2.75) is 12.8 Å². The van der Waals surface area contributed by atoms with Gasteiger partial charge in [-0.3, -0.25) is 5.10 Å². The van der Waals surface area contributed by atoms with Crippen LogP contribution in [-0.2, 0) is 6.42 Å². The molecule has 3 aromatic rings. The van der Waals surface area contributed by atoms with Crippen LogP contribution in [0.3, 0.4) is 0 Å². The maximum absolute atomic E-state index is 8.95. The first kappa shape index (κ1) is 19.0. The Morgan fingerprint density at radius 2 is 2.10 bits per heavy atom. The molecule has 0 amide bonds. The van der Waals surface area contributed by atoms with E-state index in [0.717, 1.165) is 59.0 Å². The molecule has 2 aromatic heterocycles. The molecule has 2 heterocycles. The van der Waals surface area contributed by atoms with E-state index in [0.29, 0.717) is 12.3 Å². The Balaban J connectivity index is 1.60. The third-order valence-electron chi connectivity index (χ3n) is 5.05. The Morgan fingerprint density at radius 1 is 1.24 bits per heavy atom. The predicted octanol–water partition coefficient (Wildman–Crippen LogP) is 3.25. The fraction of sp³-hybridized carbons (Fsp3) is 0.318. The molecule has 148 valence electrons. The number of nitriles is 1. The lowest BCUT2D eigenvalue weighted by Crippen LogP contribution is -2.15. The van der Waals surface area contributed by atoms with Gasteiger partial charge in [0.25, 0.3) is 0 Å². The van der Waals surface area contributed by atoms with Gasteiger partial charge in [-0.25, -0.2) is 4.98 Å². The number of hydrogen-bond acceptors (Lipinski definition) is 6. The van der Waals surface area contributed by atoms with Gasteiger partial charge in [-0.05, 0) is 50.3 Å². The van der Waals surface area contributed by atoms with Gasteiger partial charge in [-0.1, -0.05) is 0 Å². The van der Waals surface area contributed by atoms with Crippen LogP contribution < -0.4 is 9.47 Å².